The topological polar surface area (TPSA) is 69.6 Å². The van der Waals surface area contributed by atoms with Crippen molar-refractivity contribution >= 4 is 40.9 Å². The van der Waals surface area contributed by atoms with E-state index in [9.17, 15) is 9.59 Å². The molecule has 0 aliphatic carbocycles. The Morgan fingerprint density at radius 1 is 1.40 bits per heavy atom. The third-order valence-electron chi connectivity index (χ3n) is 2.86. The lowest BCUT2D eigenvalue weighted by molar-refractivity contribution is -0.138. The Balaban J connectivity index is 2.90. The number of carbonyl (C=O) groups excluding carboxylic acids is 1. The van der Waals surface area contributed by atoms with E-state index in [0.29, 0.717) is 22.2 Å². The van der Waals surface area contributed by atoms with Crippen LogP contribution in [0.3, 0.4) is 0 Å². The predicted molar refractivity (Wildman–Crippen MR) is 79.6 cm³/mol. The Kier molecular flexibility index (Phi) is 6.10. The summed E-state index contributed by atoms with van der Waals surface area (Å²) < 4.78 is 0. The van der Waals surface area contributed by atoms with Crippen LogP contribution in [-0.2, 0) is 4.79 Å². The molecule has 2 amide bonds. The maximum absolute atomic E-state index is 12.2. The van der Waals surface area contributed by atoms with Crippen molar-refractivity contribution in [1.29, 1.82) is 0 Å². The third-order valence-corrected chi connectivity index (χ3v) is 3.42. The minimum atomic E-state index is -1.07. The molecule has 0 bridgehead atoms. The van der Waals surface area contributed by atoms with Crippen LogP contribution in [-0.4, -0.2) is 34.6 Å². The number of rotatable bonds is 5. The van der Waals surface area contributed by atoms with Gasteiger partial charge < -0.3 is 15.3 Å². The van der Waals surface area contributed by atoms with Crippen LogP contribution in [0.4, 0.5) is 10.5 Å². The molecule has 0 aliphatic heterocycles. The number of carbonyl (C=O) groups is 2. The molecule has 0 heterocycles. The normalized spacial score (nSPS) is 11.8. The van der Waals surface area contributed by atoms with Gasteiger partial charge in [-0.15, -0.1) is 0 Å². The lowest BCUT2D eigenvalue weighted by atomic mass is 10.2. The number of hydrogen-bond donors (Lipinski definition) is 2. The summed E-state index contributed by atoms with van der Waals surface area (Å²) in [5.41, 5.74) is 0.350. The van der Waals surface area contributed by atoms with E-state index in [2.05, 4.69) is 5.32 Å². The zero-order valence-corrected chi connectivity index (χ0v) is 12.7. The van der Waals surface area contributed by atoms with Gasteiger partial charge in [0.2, 0.25) is 0 Å². The van der Waals surface area contributed by atoms with Gasteiger partial charge in [0.25, 0.3) is 0 Å². The summed E-state index contributed by atoms with van der Waals surface area (Å²) in [6.07, 6.45) is 0.643. The first kappa shape index (κ1) is 16.6. The molecule has 0 radical (unpaired) electrons. The first-order valence-corrected chi connectivity index (χ1v) is 6.85. The Morgan fingerprint density at radius 3 is 2.60 bits per heavy atom. The van der Waals surface area contributed by atoms with Crippen LogP contribution < -0.4 is 5.32 Å². The van der Waals surface area contributed by atoms with Crippen LogP contribution in [0.5, 0.6) is 0 Å². The number of halogens is 2. The molecule has 5 nitrogen and oxygen atoms in total. The van der Waals surface area contributed by atoms with Crippen molar-refractivity contribution in [2.75, 3.05) is 11.9 Å². The van der Waals surface area contributed by atoms with E-state index in [4.69, 9.17) is 28.3 Å². The van der Waals surface area contributed by atoms with Gasteiger partial charge in [0.1, 0.15) is 6.54 Å². The largest absolute Gasteiger partial charge is 0.480 e. The maximum atomic E-state index is 12.2. The van der Waals surface area contributed by atoms with E-state index in [-0.39, 0.29) is 12.6 Å². The van der Waals surface area contributed by atoms with E-state index < -0.39 is 12.0 Å². The van der Waals surface area contributed by atoms with Crippen molar-refractivity contribution in [2.45, 2.75) is 26.3 Å². The van der Waals surface area contributed by atoms with Gasteiger partial charge in [-0.1, -0.05) is 30.1 Å². The fourth-order valence-electron chi connectivity index (χ4n) is 1.57. The van der Waals surface area contributed by atoms with Crippen molar-refractivity contribution in [3.63, 3.8) is 0 Å². The standard InChI is InChI=1S/C13H16Cl2N2O3/c1-3-8(2)17(7-12(18)19)13(20)16-11-6-9(14)4-5-10(11)15/h4-6,8H,3,7H2,1-2H3,(H,16,20)(H,18,19). The Morgan fingerprint density at radius 2 is 2.05 bits per heavy atom. The van der Waals surface area contributed by atoms with Crippen molar-refractivity contribution < 1.29 is 14.7 Å². The minimum Gasteiger partial charge on any atom is -0.480 e. The van der Waals surface area contributed by atoms with Crippen molar-refractivity contribution in [3.8, 4) is 0 Å². The van der Waals surface area contributed by atoms with Crippen LogP contribution in [0.25, 0.3) is 0 Å². The molecule has 0 aliphatic rings. The number of carboxylic acids is 1. The number of benzene rings is 1. The van der Waals surface area contributed by atoms with Crippen LogP contribution in [0.2, 0.25) is 10.0 Å². The Bertz CT molecular complexity index is 508. The molecule has 1 rings (SSSR count). The highest BCUT2D eigenvalue weighted by Gasteiger charge is 2.22. The lowest BCUT2D eigenvalue weighted by Gasteiger charge is -2.27. The molecule has 0 saturated carbocycles. The number of aliphatic carboxylic acids is 1. The van der Waals surface area contributed by atoms with Gasteiger partial charge >= 0.3 is 12.0 Å². The van der Waals surface area contributed by atoms with Crippen molar-refractivity contribution in [1.82, 2.24) is 4.90 Å². The lowest BCUT2D eigenvalue weighted by Crippen LogP contribution is -2.44. The molecule has 0 spiro atoms. The van der Waals surface area contributed by atoms with Crippen LogP contribution in [0.15, 0.2) is 18.2 Å². The zero-order chi connectivity index (χ0) is 15.3. The number of nitrogens with zero attached hydrogens (tertiary/aromatic N) is 1. The SMILES string of the molecule is CCC(C)N(CC(=O)O)C(=O)Nc1cc(Cl)ccc1Cl. The summed E-state index contributed by atoms with van der Waals surface area (Å²) in [7, 11) is 0. The van der Waals surface area contributed by atoms with Gasteiger partial charge in [-0.3, -0.25) is 4.79 Å². The zero-order valence-electron chi connectivity index (χ0n) is 11.2. The van der Waals surface area contributed by atoms with E-state index in [1.54, 1.807) is 19.1 Å². The highest BCUT2D eigenvalue weighted by molar-refractivity contribution is 6.35. The van der Waals surface area contributed by atoms with E-state index in [0.717, 1.165) is 0 Å². The second kappa shape index (κ2) is 7.36. The average molecular weight is 319 g/mol. The van der Waals surface area contributed by atoms with Crippen LogP contribution in [0, 0.1) is 0 Å². The van der Waals surface area contributed by atoms with Crippen molar-refractivity contribution in [2.24, 2.45) is 0 Å². The molecule has 0 fully saturated rings. The third kappa shape index (κ3) is 4.58. The van der Waals surface area contributed by atoms with Crippen LogP contribution in [0.1, 0.15) is 20.3 Å². The summed E-state index contributed by atoms with van der Waals surface area (Å²) in [5.74, 6) is -1.07. The van der Waals surface area contributed by atoms with Gasteiger partial charge in [-0.25, -0.2) is 4.79 Å². The van der Waals surface area contributed by atoms with Gasteiger partial charge in [-0.05, 0) is 31.5 Å². The molecular weight excluding hydrogens is 303 g/mol. The molecule has 7 heteroatoms. The van der Waals surface area contributed by atoms with E-state index >= 15 is 0 Å². The second-order valence-corrected chi connectivity index (χ2v) is 5.18. The molecule has 20 heavy (non-hydrogen) atoms. The van der Waals surface area contributed by atoms with Gasteiger partial charge in [0.05, 0.1) is 10.7 Å². The summed E-state index contributed by atoms with van der Waals surface area (Å²) in [6.45, 7) is 3.28. The summed E-state index contributed by atoms with van der Waals surface area (Å²) in [4.78, 5) is 24.2. The number of carboxylic acid groups (broad SMARTS) is 1. The molecule has 2 N–H and O–H groups in total. The van der Waals surface area contributed by atoms with Gasteiger partial charge in [0.15, 0.2) is 0 Å². The van der Waals surface area contributed by atoms with Gasteiger partial charge in [-0.2, -0.15) is 0 Å². The number of amides is 2. The minimum absolute atomic E-state index is 0.205. The highest BCUT2D eigenvalue weighted by atomic mass is 35.5. The van der Waals surface area contributed by atoms with Crippen molar-refractivity contribution in [3.05, 3.63) is 28.2 Å². The Labute approximate surface area is 127 Å². The molecular formula is C13H16Cl2N2O3. The molecule has 0 aromatic heterocycles. The molecule has 1 aromatic carbocycles. The highest BCUT2D eigenvalue weighted by Crippen LogP contribution is 2.25. The summed E-state index contributed by atoms with van der Waals surface area (Å²) in [6, 6.07) is 3.94. The summed E-state index contributed by atoms with van der Waals surface area (Å²) >= 11 is 11.8. The number of anilines is 1. The Hall–Kier alpha value is -1.46. The van der Waals surface area contributed by atoms with E-state index in [1.165, 1.54) is 11.0 Å². The molecule has 0 saturated heterocycles. The smallest absolute Gasteiger partial charge is 0.323 e. The number of hydrogen-bond acceptors (Lipinski definition) is 2. The molecule has 1 unspecified atom stereocenters. The fourth-order valence-corrected chi connectivity index (χ4v) is 1.91. The maximum Gasteiger partial charge on any atom is 0.323 e. The number of nitrogens with one attached hydrogen (secondary N) is 1. The second-order valence-electron chi connectivity index (χ2n) is 4.33. The average Bonchev–Trinajstić information content (AvgIpc) is 2.39. The molecule has 1 aromatic rings. The first-order chi connectivity index (χ1) is 9.35. The quantitative estimate of drug-likeness (QED) is 0.869. The summed E-state index contributed by atoms with van der Waals surface area (Å²) in [5, 5.41) is 12.2. The monoisotopic (exact) mass is 318 g/mol. The van der Waals surface area contributed by atoms with Crippen LogP contribution >= 0.6 is 23.2 Å². The number of urea groups is 1. The fraction of sp³-hybridized carbons (Fsp3) is 0.385. The molecule has 110 valence electrons. The predicted octanol–water partition coefficient (Wildman–Crippen LogP) is 3.71. The van der Waals surface area contributed by atoms with E-state index in [1.807, 2.05) is 6.92 Å². The molecule has 1 atom stereocenters. The van der Waals surface area contributed by atoms with Gasteiger partial charge in [0, 0.05) is 11.1 Å². The first-order valence-electron chi connectivity index (χ1n) is 6.09.